The van der Waals surface area contributed by atoms with Crippen LogP contribution in [-0.2, 0) is 0 Å². The summed E-state index contributed by atoms with van der Waals surface area (Å²) in [6.07, 6.45) is 1.53. The quantitative estimate of drug-likeness (QED) is 0.500. The highest BCUT2D eigenvalue weighted by Crippen LogP contribution is 2.22. The van der Waals surface area contributed by atoms with Gasteiger partial charge in [-0.15, -0.1) is 15.3 Å². The zero-order valence-corrected chi connectivity index (χ0v) is 17.8. The van der Waals surface area contributed by atoms with Crippen LogP contribution in [-0.4, -0.2) is 62.2 Å². The molecule has 0 unspecified atom stereocenters. The number of amides is 1. The van der Waals surface area contributed by atoms with Crippen LogP contribution in [0.4, 0.5) is 5.82 Å². The van der Waals surface area contributed by atoms with E-state index < -0.39 is 0 Å². The van der Waals surface area contributed by atoms with Crippen LogP contribution in [0.3, 0.4) is 0 Å². The molecule has 1 aliphatic rings. The number of hydrogen-bond donors (Lipinski definition) is 0. The number of rotatable bonds is 4. The molecule has 160 valence electrons. The molecule has 0 spiro atoms. The molecule has 2 aromatic heterocycles. The Hall–Kier alpha value is -4.07. The van der Waals surface area contributed by atoms with Crippen LogP contribution in [0, 0.1) is 6.92 Å². The zero-order chi connectivity index (χ0) is 21.9. The van der Waals surface area contributed by atoms with E-state index in [1.807, 2.05) is 59.5 Å². The average Bonchev–Trinajstić information content (AvgIpc) is 3.35. The van der Waals surface area contributed by atoms with E-state index >= 15 is 0 Å². The molecular formula is C24H23N7O. The van der Waals surface area contributed by atoms with E-state index in [2.05, 4.69) is 44.4 Å². The number of benzene rings is 2. The molecule has 0 aliphatic carbocycles. The van der Waals surface area contributed by atoms with Gasteiger partial charge in [0.2, 0.25) is 0 Å². The van der Waals surface area contributed by atoms with E-state index in [4.69, 9.17) is 0 Å². The summed E-state index contributed by atoms with van der Waals surface area (Å²) in [4.78, 5) is 18.3. The summed E-state index contributed by atoms with van der Waals surface area (Å²) in [5.41, 5.74) is 4.30. The average molecular weight is 425 g/mol. The van der Waals surface area contributed by atoms with Crippen molar-refractivity contribution >= 4 is 11.7 Å². The van der Waals surface area contributed by atoms with Crippen molar-refractivity contribution in [1.82, 2.24) is 30.1 Å². The van der Waals surface area contributed by atoms with Gasteiger partial charge in [0, 0.05) is 31.7 Å². The molecule has 1 aliphatic heterocycles. The van der Waals surface area contributed by atoms with Gasteiger partial charge in [0.15, 0.2) is 11.5 Å². The minimum absolute atomic E-state index is 0.104. The summed E-state index contributed by atoms with van der Waals surface area (Å²) < 4.78 is 0. The third-order valence-corrected chi connectivity index (χ3v) is 5.66. The van der Waals surface area contributed by atoms with E-state index in [0.717, 1.165) is 22.8 Å². The first-order valence-corrected chi connectivity index (χ1v) is 10.6. The molecule has 3 heterocycles. The van der Waals surface area contributed by atoms with Crippen molar-refractivity contribution < 1.29 is 4.79 Å². The van der Waals surface area contributed by atoms with Crippen molar-refractivity contribution in [3.05, 3.63) is 84.2 Å². The highest BCUT2D eigenvalue weighted by molar-refractivity contribution is 5.92. The summed E-state index contributed by atoms with van der Waals surface area (Å²) in [5.74, 6) is 0.720. The van der Waals surface area contributed by atoms with Crippen molar-refractivity contribution in [3.8, 4) is 16.9 Å². The van der Waals surface area contributed by atoms with Crippen LogP contribution in [0.1, 0.15) is 16.1 Å². The molecule has 1 saturated heterocycles. The number of aryl methyl sites for hydroxylation is 1. The lowest BCUT2D eigenvalue weighted by molar-refractivity contribution is 0.0740. The normalized spacial score (nSPS) is 13.9. The molecule has 1 fully saturated rings. The second-order valence-corrected chi connectivity index (χ2v) is 7.73. The van der Waals surface area contributed by atoms with Gasteiger partial charge in [-0.2, -0.15) is 9.90 Å². The summed E-state index contributed by atoms with van der Waals surface area (Å²) >= 11 is 0. The van der Waals surface area contributed by atoms with E-state index in [1.165, 1.54) is 16.6 Å². The first-order chi connectivity index (χ1) is 15.7. The minimum Gasteiger partial charge on any atom is -0.352 e. The first kappa shape index (κ1) is 19.9. The van der Waals surface area contributed by atoms with Gasteiger partial charge in [-0.25, -0.2) is 0 Å². The first-order valence-electron chi connectivity index (χ1n) is 10.6. The van der Waals surface area contributed by atoms with Crippen LogP contribution >= 0.6 is 0 Å². The molecule has 0 N–H and O–H groups in total. The zero-order valence-electron chi connectivity index (χ0n) is 17.8. The molecule has 0 atom stereocenters. The van der Waals surface area contributed by atoms with Crippen molar-refractivity contribution in [1.29, 1.82) is 0 Å². The SMILES string of the molecule is Cc1ccccc1-c1ccc(N2CCN(C(=O)c3cnn(-c4ccccc4)n3)CC2)nn1. The summed E-state index contributed by atoms with van der Waals surface area (Å²) in [5, 5.41) is 17.4. The number of piperazine rings is 1. The number of nitrogens with zero attached hydrogens (tertiary/aromatic N) is 7. The predicted octanol–water partition coefficient (Wildman–Crippen LogP) is 3.00. The third kappa shape index (κ3) is 3.94. The maximum absolute atomic E-state index is 12.9. The molecule has 4 aromatic rings. The van der Waals surface area contributed by atoms with Crippen molar-refractivity contribution in [2.24, 2.45) is 0 Å². The van der Waals surface area contributed by atoms with E-state index in [0.29, 0.717) is 31.9 Å². The topological polar surface area (TPSA) is 80.0 Å². The Morgan fingerprint density at radius 2 is 1.59 bits per heavy atom. The number of aromatic nitrogens is 5. The Bertz CT molecular complexity index is 1210. The Morgan fingerprint density at radius 1 is 0.844 bits per heavy atom. The van der Waals surface area contributed by atoms with Gasteiger partial charge in [0.05, 0.1) is 17.6 Å². The second kappa shape index (κ2) is 8.58. The van der Waals surface area contributed by atoms with Crippen LogP contribution < -0.4 is 4.90 Å². The van der Waals surface area contributed by atoms with Gasteiger partial charge in [-0.3, -0.25) is 4.79 Å². The van der Waals surface area contributed by atoms with Gasteiger partial charge in [-0.05, 0) is 36.8 Å². The molecule has 32 heavy (non-hydrogen) atoms. The Kier molecular flexibility index (Phi) is 5.33. The molecule has 0 bridgehead atoms. The minimum atomic E-state index is -0.104. The molecule has 5 rings (SSSR count). The fraction of sp³-hybridized carbons (Fsp3) is 0.208. The van der Waals surface area contributed by atoms with Crippen LogP contribution in [0.15, 0.2) is 72.9 Å². The fourth-order valence-corrected chi connectivity index (χ4v) is 3.85. The Balaban J connectivity index is 1.22. The maximum Gasteiger partial charge on any atom is 0.276 e. The van der Waals surface area contributed by atoms with Crippen molar-refractivity contribution in [2.45, 2.75) is 6.92 Å². The number of carbonyl (C=O) groups is 1. The van der Waals surface area contributed by atoms with Gasteiger partial charge in [0.1, 0.15) is 0 Å². The summed E-state index contributed by atoms with van der Waals surface area (Å²) in [7, 11) is 0. The molecular weight excluding hydrogens is 402 g/mol. The molecule has 0 saturated carbocycles. The largest absolute Gasteiger partial charge is 0.352 e. The standard InChI is InChI=1S/C24H23N7O/c1-18-7-5-6-10-20(18)21-11-12-23(27-26-21)29-13-15-30(16-14-29)24(32)22-17-25-31(28-22)19-8-3-2-4-9-19/h2-12,17H,13-16H2,1H3. The maximum atomic E-state index is 12.9. The van der Waals surface area contributed by atoms with Crippen LogP contribution in [0.2, 0.25) is 0 Å². The molecule has 8 heteroatoms. The molecule has 8 nitrogen and oxygen atoms in total. The Labute approximate surface area is 186 Å². The van der Waals surface area contributed by atoms with Crippen LogP contribution in [0.25, 0.3) is 16.9 Å². The number of hydrogen-bond acceptors (Lipinski definition) is 6. The van der Waals surface area contributed by atoms with E-state index in [1.54, 1.807) is 0 Å². The number of para-hydroxylation sites is 1. The van der Waals surface area contributed by atoms with E-state index in [-0.39, 0.29) is 5.91 Å². The lowest BCUT2D eigenvalue weighted by atomic mass is 10.1. The third-order valence-electron chi connectivity index (χ3n) is 5.66. The Morgan fingerprint density at radius 3 is 2.31 bits per heavy atom. The van der Waals surface area contributed by atoms with E-state index in [9.17, 15) is 4.79 Å². The monoisotopic (exact) mass is 425 g/mol. The fourth-order valence-electron chi connectivity index (χ4n) is 3.85. The second-order valence-electron chi connectivity index (χ2n) is 7.73. The predicted molar refractivity (Wildman–Crippen MR) is 122 cm³/mol. The van der Waals surface area contributed by atoms with Gasteiger partial charge in [-0.1, -0.05) is 42.5 Å². The van der Waals surface area contributed by atoms with Gasteiger partial charge < -0.3 is 9.80 Å². The number of carbonyl (C=O) groups excluding carboxylic acids is 1. The summed E-state index contributed by atoms with van der Waals surface area (Å²) in [6, 6.07) is 21.7. The van der Waals surface area contributed by atoms with Crippen molar-refractivity contribution in [3.63, 3.8) is 0 Å². The van der Waals surface area contributed by atoms with Gasteiger partial charge in [0.25, 0.3) is 5.91 Å². The highest BCUT2D eigenvalue weighted by atomic mass is 16.2. The lowest BCUT2D eigenvalue weighted by Gasteiger charge is -2.34. The number of anilines is 1. The van der Waals surface area contributed by atoms with Crippen LogP contribution in [0.5, 0.6) is 0 Å². The molecule has 1 amide bonds. The van der Waals surface area contributed by atoms with Gasteiger partial charge >= 0.3 is 0 Å². The molecule has 0 radical (unpaired) electrons. The molecule has 2 aromatic carbocycles. The smallest absolute Gasteiger partial charge is 0.276 e. The summed E-state index contributed by atoms with van der Waals surface area (Å²) in [6.45, 7) is 4.64. The highest BCUT2D eigenvalue weighted by Gasteiger charge is 2.25. The lowest BCUT2D eigenvalue weighted by Crippen LogP contribution is -2.49. The van der Waals surface area contributed by atoms with Crippen molar-refractivity contribution in [2.75, 3.05) is 31.1 Å².